The number of hydrogen-bond donors (Lipinski definition) is 1. The summed E-state index contributed by atoms with van der Waals surface area (Å²) in [4.78, 5) is 10.6. The molecule has 1 aromatic rings. The van der Waals surface area contributed by atoms with Crippen LogP contribution in [-0.2, 0) is 6.54 Å². The van der Waals surface area contributed by atoms with Gasteiger partial charge in [-0.3, -0.25) is 4.90 Å². The second-order valence-corrected chi connectivity index (χ2v) is 4.32. The van der Waals surface area contributed by atoms with Crippen LogP contribution in [0.3, 0.4) is 0 Å². The second-order valence-electron chi connectivity index (χ2n) is 4.32. The molecule has 1 heterocycles. The maximum absolute atomic E-state index is 5.59. The van der Waals surface area contributed by atoms with Gasteiger partial charge in [0, 0.05) is 6.20 Å². The molecular formula is C11H20N4. The largest absolute Gasteiger partial charge is 0.384 e. The Morgan fingerprint density at radius 2 is 2.20 bits per heavy atom. The van der Waals surface area contributed by atoms with Crippen molar-refractivity contribution in [3.8, 4) is 0 Å². The minimum atomic E-state index is 0.539. The molecule has 0 bridgehead atoms. The standard InChI is InChI=1S/C11H20N4/c1-9(2)5-7-15(3)8-11-13-6-4-10(12)14-11/h4,6,9H,5,7-8H2,1-3H3,(H2,12,13,14). The SMILES string of the molecule is CC(C)CCN(C)Cc1nccc(N)n1. The molecule has 0 aliphatic heterocycles. The lowest BCUT2D eigenvalue weighted by atomic mass is 10.1. The first-order chi connectivity index (χ1) is 7.08. The summed E-state index contributed by atoms with van der Waals surface area (Å²) in [6.07, 6.45) is 2.90. The molecule has 0 saturated carbocycles. The predicted molar refractivity (Wildman–Crippen MR) is 62.2 cm³/mol. The average molecular weight is 208 g/mol. The van der Waals surface area contributed by atoms with E-state index in [-0.39, 0.29) is 0 Å². The average Bonchev–Trinajstić information content (AvgIpc) is 2.15. The molecule has 0 atom stereocenters. The zero-order valence-corrected chi connectivity index (χ0v) is 9.77. The minimum absolute atomic E-state index is 0.539. The van der Waals surface area contributed by atoms with Crippen LogP contribution in [0.4, 0.5) is 5.82 Å². The summed E-state index contributed by atoms with van der Waals surface area (Å²) >= 11 is 0. The topological polar surface area (TPSA) is 55.0 Å². The summed E-state index contributed by atoms with van der Waals surface area (Å²) in [5, 5.41) is 0. The summed E-state index contributed by atoms with van der Waals surface area (Å²) in [7, 11) is 2.08. The van der Waals surface area contributed by atoms with Crippen molar-refractivity contribution in [3.05, 3.63) is 18.1 Å². The van der Waals surface area contributed by atoms with E-state index in [0.717, 1.165) is 24.8 Å². The maximum Gasteiger partial charge on any atom is 0.144 e. The van der Waals surface area contributed by atoms with Crippen molar-refractivity contribution in [3.63, 3.8) is 0 Å². The highest BCUT2D eigenvalue weighted by Gasteiger charge is 2.04. The Labute approximate surface area is 91.5 Å². The van der Waals surface area contributed by atoms with E-state index >= 15 is 0 Å². The Morgan fingerprint density at radius 3 is 2.80 bits per heavy atom. The van der Waals surface area contributed by atoms with Crippen molar-refractivity contribution in [1.29, 1.82) is 0 Å². The molecule has 0 spiro atoms. The van der Waals surface area contributed by atoms with Gasteiger partial charge >= 0.3 is 0 Å². The van der Waals surface area contributed by atoms with Crippen LogP contribution in [-0.4, -0.2) is 28.5 Å². The molecule has 4 heteroatoms. The van der Waals surface area contributed by atoms with Gasteiger partial charge in [0.25, 0.3) is 0 Å². The Morgan fingerprint density at radius 1 is 1.47 bits per heavy atom. The third-order valence-corrected chi connectivity index (χ3v) is 2.23. The van der Waals surface area contributed by atoms with Gasteiger partial charge in [0.2, 0.25) is 0 Å². The van der Waals surface area contributed by atoms with Crippen molar-refractivity contribution in [1.82, 2.24) is 14.9 Å². The lowest BCUT2D eigenvalue weighted by Crippen LogP contribution is -2.21. The third kappa shape index (κ3) is 4.74. The van der Waals surface area contributed by atoms with Crippen molar-refractivity contribution >= 4 is 5.82 Å². The van der Waals surface area contributed by atoms with Crippen molar-refractivity contribution < 1.29 is 0 Å². The van der Waals surface area contributed by atoms with E-state index in [1.165, 1.54) is 6.42 Å². The van der Waals surface area contributed by atoms with Crippen LogP contribution in [0.1, 0.15) is 26.1 Å². The Kier molecular flexibility index (Phi) is 4.49. The molecule has 0 aromatic carbocycles. The first-order valence-electron chi connectivity index (χ1n) is 5.34. The Balaban J connectivity index is 2.40. The first kappa shape index (κ1) is 11.9. The lowest BCUT2D eigenvalue weighted by molar-refractivity contribution is 0.296. The van der Waals surface area contributed by atoms with E-state index in [0.29, 0.717) is 5.82 Å². The van der Waals surface area contributed by atoms with Gasteiger partial charge in [-0.2, -0.15) is 0 Å². The van der Waals surface area contributed by atoms with Crippen molar-refractivity contribution in [2.24, 2.45) is 5.92 Å². The van der Waals surface area contributed by atoms with E-state index in [1.807, 2.05) is 0 Å². The van der Waals surface area contributed by atoms with Crippen LogP contribution in [0.25, 0.3) is 0 Å². The van der Waals surface area contributed by atoms with Gasteiger partial charge in [0.15, 0.2) is 0 Å². The molecule has 0 aliphatic carbocycles. The fraction of sp³-hybridized carbons (Fsp3) is 0.636. The van der Waals surface area contributed by atoms with Gasteiger partial charge in [0.1, 0.15) is 11.6 Å². The van der Waals surface area contributed by atoms with Gasteiger partial charge in [-0.15, -0.1) is 0 Å². The van der Waals surface area contributed by atoms with Crippen LogP contribution < -0.4 is 5.73 Å². The molecule has 0 amide bonds. The van der Waals surface area contributed by atoms with E-state index in [2.05, 4.69) is 35.8 Å². The maximum atomic E-state index is 5.59. The Hall–Kier alpha value is -1.16. The van der Waals surface area contributed by atoms with E-state index in [9.17, 15) is 0 Å². The molecule has 0 unspecified atom stereocenters. The van der Waals surface area contributed by atoms with Crippen LogP contribution in [0.2, 0.25) is 0 Å². The number of nitrogens with zero attached hydrogens (tertiary/aromatic N) is 3. The molecule has 0 radical (unpaired) electrons. The van der Waals surface area contributed by atoms with Gasteiger partial charge in [0.05, 0.1) is 6.54 Å². The number of nitrogens with two attached hydrogens (primary N) is 1. The van der Waals surface area contributed by atoms with Gasteiger partial charge in [-0.05, 0) is 32.0 Å². The van der Waals surface area contributed by atoms with Gasteiger partial charge in [-0.25, -0.2) is 9.97 Å². The van der Waals surface area contributed by atoms with Crippen molar-refractivity contribution in [2.75, 3.05) is 19.3 Å². The molecule has 4 nitrogen and oxygen atoms in total. The first-order valence-corrected chi connectivity index (χ1v) is 5.34. The minimum Gasteiger partial charge on any atom is -0.384 e. The highest BCUT2D eigenvalue weighted by atomic mass is 15.1. The zero-order chi connectivity index (χ0) is 11.3. The van der Waals surface area contributed by atoms with Crippen LogP contribution >= 0.6 is 0 Å². The highest BCUT2D eigenvalue weighted by molar-refractivity contribution is 5.24. The smallest absolute Gasteiger partial charge is 0.144 e. The summed E-state index contributed by atoms with van der Waals surface area (Å²) in [5.74, 6) is 2.06. The fourth-order valence-electron chi connectivity index (χ4n) is 1.29. The quantitative estimate of drug-likeness (QED) is 0.797. The summed E-state index contributed by atoms with van der Waals surface area (Å²) in [6.45, 7) is 6.28. The molecule has 0 fully saturated rings. The number of rotatable bonds is 5. The summed E-state index contributed by atoms with van der Waals surface area (Å²) < 4.78 is 0. The Bertz CT molecular complexity index is 298. The normalized spacial score (nSPS) is 11.3. The molecule has 2 N–H and O–H groups in total. The van der Waals surface area contributed by atoms with E-state index < -0.39 is 0 Å². The molecule has 1 rings (SSSR count). The lowest BCUT2D eigenvalue weighted by Gasteiger charge is -2.16. The van der Waals surface area contributed by atoms with Gasteiger partial charge in [-0.1, -0.05) is 13.8 Å². The molecule has 0 aliphatic rings. The highest BCUT2D eigenvalue weighted by Crippen LogP contribution is 2.04. The molecule has 1 aromatic heterocycles. The summed E-state index contributed by atoms with van der Waals surface area (Å²) in [5.41, 5.74) is 5.59. The monoisotopic (exact) mass is 208 g/mol. The number of anilines is 1. The van der Waals surface area contributed by atoms with Crippen LogP contribution in [0.5, 0.6) is 0 Å². The molecule has 15 heavy (non-hydrogen) atoms. The van der Waals surface area contributed by atoms with Gasteiger partial charge < -0.3 is 5.73 Å². The zero-order valence-electron chi connectivity index (χ0n) is 9.77. The fourth-order valence-corrected chi connectivity index (χ4v) is 1.29. The van der Waals surface area contributed by atoms with Crippen LogP contribution in [0.15, 0.2) is 12.3 Å². The van der Waals surface area contributed by atoms with Crippen molar-refractivity contribution in [2.45, 2.75) is 26.8 Å². The second kappa shape index (κ2) is 5.66. The van der Waals surface area contributed by atoms with E-state index in [4.69, 9.17) is 5.73 Å². The van der Waals surface area contributed by atoms with Crippen LogP contribution in [0, 0.1) is 5.92 Å². The predicted octanol–water partition coefficient (Wildman–Crippen LogP) is 1.54. The summed E-state index contributed by atoms with van der Waals surface area (Å²) in [6, 6.07) is 1.71. The third-order valence-electron chi connectivity index (χ3n) is 2.23. The number of aromatic nitrogens is 2. The molecule has 84 valence electrons. The van der Waals surface area contributed by atoms with E-state index in [1.54, 1.807) is 12.3 Å². The number of nitrogen functional groups attached to an aromatic ring is 1. The molecule has 0 saturated heterocycles. The molecular weight excluding hydrogens is 188 g/mol. The number of hydrogen-bond acceptors (Lipinski definition) is 4.